The Hall–Kier alpha value is -0.160. The summed E-state index contributed by atoms with van der Waals surface area (Å²) in [5.41, 5.74) is -0.725. The molecule has 0 bridgehead atoms. The van der Waals surface area contributed by atoms with Gasteiger partial charge < -0.3 is 19.9 Å². The highest BCUT2D eigenvalue weighted by Crippen LogP contribution is 2.10. The molecule has 2 N–H and O–H groups in total. The third-order valence-electron chi connectivity index (χ3n) is 2.74. The van der Waals surface area contributed by atoms with Crippen molar-refractivity contribution in [3.05, 3.63) is 0 Å². The monoisotopic (exact) mass is 233 g/mol. The van der Waals surface area contributed by atoms with Gasteiger partial charge in [0.15, 0.2) is 0 Å². The van der Waals surface area contributed by atoms with Crippen LogP contribution < -0.4 is 5.32 Å². The number of hydrogen-bond acceptors (Lipinski definition) is 4. The molecule has 0 aromatic rings. The molecule has 0 saturated carbocycles. The molecule has 0 heterocycles. The van der Waals surface area contributed by atoms with Gasteiger partial charge in [-0.15, -0.1) is 0 Å². The fourth-order valence-corrected chi connectivity index (χ4v) is 1.43. The Morgan fingerprint density at radius 2 is 1.88 bits per heavy atom. The minimum atomic E-state index is -0.725. The van der Waals surface area contributed by atoms with E-state index in [2.05, 4.69) is 19.2 Å². The molecule has 0 aliphatic rings. The van der Waals surface area contributed by atoms with E-state index in [1.54, 1.807) is 14.2 Å². The Labute approximate surface area is 99.3 Å². The minimum absolute atomic E-state index is 0.277. The van der Waals surface area contributed by atoms with Gasteiger partial charge in [-0.25, -0.2) is 0 Å². The molecule has 0 aliphatic heterocycles. The van der Waals surface area contributed by atoms with E-state index in [0.717, 1.165) is 0 Å². The number of methoxy groups -OCH3 is 2. The summed E-state index contributed by atoms with van der Waals surface area (Å²) in [4.78, 5) is 0. The second kappa shape index (κ2) is 8.01. The van der Waals surface area contributed by atoms with Crippen LogP contribution in [0.3, 0.4) is 0 Å². The van der Waals surface area contributed by atoms with Gasteiger partial charge in [0, 0.05) is 39.8 Å². The molecule has 0 rings (SSSR count). The van der Waals surface area contributed by atoms with Crippen molar-refractivity contribution in [2.45, 2.75) is 38.8 Å². The van der Waals surface area contributed by atoms with Crippen LogP contribution in [0.5, 0.6) is 0 Å². The molecule has 0 amide bonds. The maximum atomic E-state index is 10.1. The van der Waals surface area contributed by atoms with E-state index in [4.69, 9.17) is 9.47 Å². The molecule has 0 fully saturated rings. The summed E-state index contributed by atoms with van der Waals surface area (Å²) in [6, 6.07) is 0.277. The van der Waals surface area contributed by atoms with Gasteiger partial charge >= 0.3 is 0 Å². The number of aliphatic hydroxyl groups is 1. The van der Waals surface area contributed by atoms with Crippen LogP contribution in [-0.2, 0) is 9.47 Å². The molecule has 98 valence electrons. The van der Waals surface area contributed by atoms with Crippen LogP contribution in [0.2, 0.25) is 0 Å². The van der Waals surface area contributed by atoms with Gasteiger partial charge in [-0.3, -0.25) is 0 Å². The van der Waals surface area contributed by atoms with Crippen LogP contribution in [0.25, 0.3) is 0 Å². The van der Waals surface area contributed by atoms with Crippen molar-refractivity contribution in [1.29, 1.82) is 0 Å². The molecule has 2 unspecified atom stereocenters. The fraction of sp³-hybridized carbons (Fsp3) is 1.00. The van der Waals surface area contributed by atoms with Crippen molar-refractivity contribution in [3.63, 3.8) is 0 Å². The van der Waals surface area contributed by atoms with Crippen LogP contribution in [0.4, 0.5) is 0 Å². The molecular weight excluding hydrogens is 206 g/mol. The summed E-state index contributed by atoms with van der Waals surface area (Å²) in [6.07, 6.45) is 0.633. The number of rotatable bonds is 9. The summed E-state index contributed by atoms with van der Waals surface area (Å²) in [6.45, 7) is 7.90. The normalized spacial score (nSPS) is 17.4. The summed E-state index contributed by atoms with van der Waals surface area (Å²) in [7, 11) is 3.34. The lowest BCUT2D eigenvalue weighted by Gasteiger charge is -2.28. The Morgan fingerprint density at radius 1 is 1.25 bits per heavy atom. The van der Waals surface area contributed by atoms with Crippen molar-refractivity contribution >= 4 is 0 Å². The molecule has 0 aromatic carbocycles. The van der Waals surface area contributed by atoms with Crippen LogP contribution >= 0.6 is 0 Å². The largest absolute Gasteiger partial charge is 0.389 e. The van der Waals surface area contributed by atoms with E-state index < -0.39 is 5.60 Å². The summed E-state index contributed by atoms with van der Waals surface area (Å²) in [5, 5.41) is 13.4. The zero-order valence-corrected chi connectivity index (χ0v) is 11.2. The predicted molar refractivity (Wildman–Crippen MR) is 65.6 cm³/mol. The zero-order chi connectivity index (χ0) is 12.6. The molecule has 0 saturated heterocycles. The van der Waals surface area contributed by atoms with Crippen LogP contribution in [0, 0.1) is 5.92 Å². The van der Waals surface area contributed by atoms with Crippen molar-refractivity contribution in [2.75, 3.05) is 34.0 Å². The number of ether oxygens (including phenoxy) is 2. The first-order valence-electron chi connectivity index (χ1n) is 5.86. The predicted octanol–water partition coefficient (Wildman–Crippen LogP) is 1.03. The molecule has 4 nitrogen and oxygen atoms in total. The second-order valence-electron chi connectivity index (χ2n) is 4.93. The first-order valence-corrected chi connectivity index (χ1v) is 5.86. The van der Waals surface area contributed by atoms with E-state index in [-0.39, 0.29) is 6.04 Å². The van der Waals surface area contributed by atoms with Gasteiger partial charge in [-0.1, -0.05) is 13.8 Å². The molecule has 2 atom stereocenters. The third kappa shape index (κ3) is 7.17. The molecule has 0 aromatic heterocycles. The lowest BCUT2D eigenvalue weighted by atomic mass is 10.00. The van der Waals surface area contributed by atoms with E-state index in [0.29, 0.717) is 32.1 Å². The summed E-state index contributed by atoms with van der Waals surface area (Å²) >= 11 is 0. The third-order valence-corrected chi connectivity index (χ3v) is 2.74. The zero-order valence-electron chi connectivity index (χ0n) is 11.2. The lowest BCUT2D eigenvalue weighted by Crippen LogP contribution is -2.46. The Morgan fingerprint density at radius 3 is 2.31 bits per heavy atom. The van der Waals surface area contributed by atoms with E-state index in [9.17, 15) is 5.11 Å². The van der Waals surface area contributed by atoms with Crippen molar-refractivity contribution in [2.24, 2.45) is 5.92 Å². The van der Waals surface area contributed by atoms with Crippen molar-refractivity contribution in [3.8, 4) is 0 Å². The van der Waals surface area contributed by atoms with Crippen LogP contribution in [0.1, 0.15) is 27.2 Å². The van der Waals surface area contributed by atoms with Gasteiger partial charge in [0.1, 0.15) is 0 Å². The Kier molecular flexibility index (Phi) is 7.93. The Balaban J connectivity index is 3.97. The smallest absolute Gasteiger partial charge is 0.0765 e. The van der Waals surface area contributed by atoms with Crippen LogP contribution in [-0.4, -0.2) is 50.7 Å². The topological polar surface area (TPSA) is 50.7 Å². The highest BCUT2D eigenvalue weighted by Gasteiger charge is 2.22. The standard InChI is InChI=1S/C12H27NO3/c1-10(2)11(8-16-5)13-9-12(3,14)6-7-15-4/h10-11,13-14H,6-9H2,1-5H3. The minimum Gasteiger partial charge on any atom is -0.389 e. The average Bonchev–Trinajstić information content (AvgIpc) is 2.21. The number of hydrogen-bond donors (Lipinski definition) is 2. The number of nitrogens with one attached hydrogen (secondary N) is 1. The van der Waals surface area contributed by atoms with Crippen molar-refractivity contribution < 1.29 is 14.6 Å². The quantitative estimate of drug-likeness (QED) is 0.624. The average molecular weight is 233 g/mol. The van der Waals surface area contributed by atoms with Gasteiger partial charge in [0.2, 0.25) is 0 Å². The molecule has 0 spiro atoms. The first kappa shape index (κ1) is 15.8. The summed E-state index contributed by atoms with van der Waals surface area (Å²) < 4.78 is 10.1. The Bertz CT molecular complexity index is 172. The maximum Gasteiger partial charge on any atom is 0.0765 e. The second-order valence-corrected chi connectivity index (χ2v) is 4.93. The maximum absolute atomic E-state index is 10.1. The highest BCUT2D eigenvalue weighted by atomic mass is 16.5. The van der Waals surface area contributed by atoms with E-state index in [1.165, 1.54) is 0 Å². The summed E-state index contributed by atoms with van der Waals surface area (Å²) in [5.74, 6) is 0.484. The lowest BCUT2D eigenvalue weighted by molar-refractivity contribution is 0.0179. The van der Waals surface area contributed by atoms with Gasteiger partial charge in [0.05, 0.1) is 12.2 Å². The van der Waals surface area contributed by atoms with Gasteiger partial charge in [-0.05, 0) is 12.8 Å². The van der Waals surface area contributed by atoms with Crippen molar-refractivity contribution in [1.82, 2.24) is 5.32 Å². The highest BCUT2D eigenvalue weighted by molar-refractivity contribution is 4.79. The fourth-order valence-electron chi connectivity index (χ4n) is 1.43. The molecule has 0 radical (unpaired) electrons. The first-order chi connectivity index (χ1) is 7.43. The van der Waals surface area contributed by atoms with E-state index >= 15 is 0 Å². The molecule has 16 heavy (non-hydrogen) atoms. The van der Waals surface area contributed by atoms with Gasteiger partial charge in [-0.2, -0.15) is 0 Å². The molecular formula is C12H27NO3. The van der Waals surface area contributed by atoms with Crippen LogP contribution in [0.15, 0.2) is 0 Å². The SMILES string of the molecule is COCCC(C)(O)CNC(COC)C(C)C. The molecule has 0 aliphatic carbocycles. The van der Waals surface area contributed by atoms with E-state index in [1.807, 2.05) is 6.92 Å². The van der Waals surface area contributed by atoms with Gasteiger partial charge in [0.25, 0.3) is 0 Å². The molecule has 4 heteroatoms.